The number of aryl methyl sites for hydroxylation is 2. The number of hydrogen-bond donors (Lipinski definition) is 1. The molecule has 1 aliphatic heterocycles. The van der Waals surface area contributed by atoms with Crippen molar-refractivity contribution < 1.29 is 26.9 Å². The molecule has 1 N–H and O–H groups in total. The molecule has 11 heteroatoms. The van der Waals surface area contributed by atoms with Crippen LogP contribution in [-0.2, 0) is 26.0 Å². The summed E-state index contributed by atoms with van der Waals surface area (Å²) in [6.45, 7) is 3.05. The number of anilines is 1. The highest BCUT2D eigenvalue weighted by molar-refractivity contribution is 7.89. The van der Waals surface area contributed by atoms with Crippen molar-refractivity contribution in [3.05, 3.63) is 59.7 Å². The van der Waals surface area contributed by atoms with Crippen LogP contribution in [-0.4, -0.2) is 55.1 Å². The van der Waals surface area contributed by atoms with E-state index >= 15 is 0 Å². The average Bonchev–Trinajstić information content (AvgIpc) is 3.30. The molecule has 0 bridgehead atoms. The first-order valence-corrected chi connectivity index (χ1v) is 11.8. The molecule has 4 rings (SSSR count). The standard InChI is InChI=1S/C22H23FN4O5S/c1-15-2-5-17(14-19(15)23)24-20(28)8-9-21-25-22(26-32-21)16-3-6-18(7-4-16)33(29,30)27-10-12-31-13-11-27/h2-7,14H,8-13H2,1H3,(H,24,28). The Kier molecular flexibility index (Phi) is 6.82. The zero-order valence-corrected chi connectivity index (χ0v) is 18.8. The van der Waals surface area contributed by atoms with E-state index < -0.39 is 15.8 Å². The number of halogens is 1. The lowest BCUT2D eigenvalue weighted by molar-refractivity contribution is -0.116. The first-order chi connectivity index (χ1) is 15.8. The lowest BCUT2D eigenvalue weighted by atomic mass is 10.2. The van der Waals surface area contributed by atoms with Gasteiger partial charge in [0, 0.05) is 37.2 Å². The first kappa shape index (κ1) is 23.0. The summed E-state index contributed by atoms with van der Waals surface area (Å²) in [4.78, 5) is 16.6. The Balaban J connectivity index is 1.36. The number of morpholine rings is 1. The van der Waals surface area contributed by atoms with Crippen LogP contribution in [0.1, 0.15) is 17.9 Å². The lowest BCUT2D eigenvalue weighted by Gasteiger charge is -2.26. The van der Waals surface area contributed by atoms with Gasteiger partial charge in [0.2, 0.25) is 27.6 Å². The van der Waals surface area contributed by atoms with Crippen LogP contribution in [0.25, 0.3) is 11.4 Å². The van der Waals surface area contributed by atoms with E-state index in [0.717, 1.165) is 0 Å². The van der Waals surface area contributed by atoms with E-state index in [0.29, 0.717) is 48.9 Å². The second kappa shape index (κ2) is 9.77. The summed E-state index contributed by atoms with van der Waals surface area (Å²) >= 11 is 0. The van der Waals surface area contributed by atoms with E-state index in [-0.39, 0.29) is 29.5 Å². The van der Waals surface area contributed by atoms with Gasteiger partial charge in [-0.1, -0.05) is 11.2 Å². The normalized spacial score (nSPS) is 14.8. The maximum absolute atomic E-state index is 13.6. The van der Waals surface area contributed by atoms with Crippen molar-refractivity contribution in [2.45, 2.75) is 24.7 Å². The van der Waals surface area contributed by atoms with Gasteiger partial charge in [0.1, 0.15) is 5.82 Å². The summed E-state index contributed by atoms with van der Waals surface area (Å²) in [6.07, 6.45) is 0.282. The average molecular weight is 475 g/mol. The minimum absolute atomic E-state index is 0.0772. The Morgan fingerprint density at radius 2 is 1.88 bits per heavy atom. The van der Waals surface area contributed by atoms with E-state index in [1.807, 2.05) is 0 Å². The molecule has 1 amide bonds. The molecule has 0 atom stereocenters. The van der Waals surface area contributed by atoms with Crippen molar-refractivity contribution in [2.75, 3.05) is 31.6 Å². The van der Waals surface area contributed by atoms with Crippen molar-refractivity contribution >= 4 is 21.6 Å². The first-order valence-electron chi connectivity index (χ1n) is 10.4. The van der Waals surface area contributed by atoms with Gasteiger partial charge in [0.05, 0.1) is 18.1 Å². The van der Waals surface area contributed by atoms with Crippen molar-refractivity contribution in [3.63, 3.8) is 0 Å². The number of ether oxygens (including phenoxy) is 1. The Hall–Kier alpha value is -3.15. The number of nitrogens with one attached hydrogen (secondary N) is 1. The third kappa shape index (κ3) is 5.44. The van der Waals surface area contributed by atoms with Crippen LogP contribution in [0, 0.1) is 12.7 Å². The fourth-order valence-electron chi connectivity index (χ4n) is 3.30. The van der Waals surface area contributed by atoms with Crippen molar-refractivity contribution in [3.8, 4) is 11.4 Å². The Labute approximate surface area is 190 Å². The molecule has 174 valence electrons. The molecule has 1 saturated heterocycles. The maximum Gasteiger partial charge on any atom is 0.243 e. The quantitative estimate of drug-likeness (QED) is 0.560. The van der Waals surface area contributed by atoms with E-state index in [2.05, 4.69) is 15.5 Å². The lowest BCUT2D eigenvalue weighted by Crippen LogP contribution is -2.40. The SMILES string of the molecule is Cc1ccc(NC(=O)CCc2nc(-c3ccc(S(=O)(=O)N4CCOCC4)cc3)no2)cc1F. The predicted molar refractivity (Wildman–Crippen MR) is 117 cm³/mol. The highest BCUT2D eigenvalue weighted by Crippen LogP contribution is 2.22. The van der Waals surface area contributed by atoms with Crippen LogP contribution in [0.4, 0.5) is 10.1 Å². The molecule has 0 aliphatic carbocycles. The van der Waals surface area contributed by atoms with Crippen LogP contribution < -0.4 is 5.32 Å². The Morgan fingerprint density at radius 1 is 1.15 bits per heavy atom. The molecular formula is C22H23FN4O5S. The molecule has 3 aromatic rings. The van der Waals surface area contributed by atoms with Gasteiger partial charge in [-0.3, -0.25) is 4.79 Å². The summed E-state index contributed by atoms with van der Waals surface area (Å²) in [5.41, 5.74) is 1.46. The molecule has 1 fully saturated rings. The molecule has 0 radical (unpaired) electrons. The van der Waals surface area contributed by atoms with E-state index in [1.54, 1.807) is 31.2 Å². The molecule has 1 aliphatic rings. The van der Waals surface area contributed by atoms with Gasteiger partial charge in [0.15, 0.2) is 0 Å². The predicted octanol–water partition coefficient (Wildman–Crippen LogP) is 2.78. The Bertz CT molecular complexity index is 1240. The fourth-order valence-corrected chi connectivity index (χ4v) is 4.71. The topological polar surface area (TPSA) is 115 Å². The molecular weight excluding hydrogens is 451 g/mol. The third-order valence-electron chi connectivity index (χ3n) is 5.21. The van der Waals surface area contributed by atoms with Crippen LogP contribution in [0.5, 0.6) is 0 Å². The molecule has 33 heavy (non-hydrogen) atoms. The van der Waals surface area contributed by atoms with Gasteiger partial charge >= 0.3 is 0 Å². The number of hydrogen-bond acceptors (Lipinski definition) is 7. The van der Waals surface area contributed by atoms with Crippen LogP contribution >= 0.6 is 0 Å². The number of benzene rings is 2. The van der Waals surface area contributed by atoms with E-state index in [1.165, 1.54) is 22.5 Å². The molecule has 0 saturated carbocycles. The minimum atomic E-state index is -3.58. The van der Waals surface area contributed by atoms with Gasteiger partial charge in [-0.05, 0) is 48.9 Å². The van der Waals surface area contributed by atoms with Crippen LogP contribution in [0.2, 0.25) is 0 Å². The smallest absolute Gasteiger partial charge is 0.243 e. The van der Waals surface area contributed by atoms with Crippen molar-refractivity contribution in [1.29, 1.82) is 0 Å². The van der Waals surface area contributed by atoms with Crippen molar-refractivity contribution in [1.82, 2.24) is 14.4 Å². The summed E-state index contributed by atoms with van der Waals surface area (Å²) < 4.78 is 50.8. The number of amides is 1. The van der Waals surface area contributed by atoms with Gasteiger partial charge in [-0.15, -0.1) is 0 Å². The second-order valence-electron chi connectivity index (χ2n) is 7.56. The van der Waals surface area contributed by atoms with Crippen molar-refractivity contribution in [2.24, 2.45) is 0 Å². The Morgan fingerprint density at radius 3 is 2.58 bits per heavy atom. The van der Waals surface area contributed by atoms with Crippen LogP contribution in [0.3, 0.4) is 0 Å². The minimum Gasteiger partial charge on any atom is -0.379 e. The molecule has 1 aromatic heterocycles. The number of aromatic nitrogens is 2. The number of nitrogens with zero attached hydrogens (tertiary/aromatic N) is 3. The number of rotatable bonds is 7. The summed E-state index contributed by atoms with van der Waals surface area (Å²) in [6, 6.07) is 10.7. The van der Waals surface area contributed by atoms with Gasteiger partial charge in [-0.2, -0.15) is 9.29 Å². The highest BCUT2D eigenvalue weighted by atomic mass is 32.2. The summed E-state index contributed by atoms with van der Waals surface area (Å²) in [7, 11) is -3.58. The van der Waals surface area contributed by atoms with Crippen LogP contribution in [0.15, 0.2) is 51.9 Å². The molecule has 2 aromatic carbocycles. The number of sulfonamides is 1. The summed E-state index contributed by atoms with van der Waals surface area (Å²) in [5, 5.41) is 6.54. The fraction of sp³-hybridized carbons (Fsp3) is 0.318. The van der Waals surface area contributed by atoms with Gasteiger partial charge in [0.25, 0.3) is 0 Å². The largest absolute Gasteiger partial charge is 0.379 e. The zero-order valence-electron chi connectivity index (χ0n) is 18.0. The molecule has 2 heterocycles. The number of carbonyl (C=O) groups is 1. The van der Waals surface area contributed by atoms with Gasteiger partial charge in [-0.25, -0.2) is 12.8 Å². The third-order valence-corrected chi connectivity index (χ3v) is 7.12. The van der Waals surface area contributed by atoms with E-state index in [4.69, 9.17) is 9.26 Å². The zero-order chi connectivity index (χ0) is 23.4. The van der Waals surface area contributed by atoms with Gasteiger partial charge < -0.3 is 14.6 Å². The highest BCUT2D eigenvalue weighted by Gasteiger charge is 2.26. The second-order valence-corrected chi connectivity index (χ2v) is 9.50. The molecule has 0 spiro atoms. The maximum atomic E-state index is 13.6. The summed E-state index contributed by atoms with van der Waals surface area (Å²) in [5.74, 6) is -0.143. The molecule has 0 unspecified atom stereocenters. The van der Waals surface area contributed by atoms with E-state index in [9.17, 15) is 17.6 Å². The number of carbonyl (C=O) groups excluding carboxylic acids is 1. The molecule has 9 nitrogen and oxygen atoms in total. The monoisotopic (exact) mass is 474 g/mol.